The van der Waals surface area contributed by atoms with Crippen molar-refractivity contribution < 1.29 is 8.42 Å². The number of halogens is 1. The van der Waals surface area contributed by atoms with Crippen LogP contribution >= 0.6 is 27.3 Å². The molecule has 6 heteroatoms. The first kappa shape index (κ1) is 11.2. The van der Waals surface area contributed by atoms with Crippen molar-refractivity contribution >= 4 is 37.3 Å². The molecule has 1 N–H and O–H groups in total. The molecular formula is C7H10BrNO2S2. The van der Waals surface area contributed by atoms with E-state index in [0.717, 1.165) is 9.75 Å². The minimum absolute atomic E-state index is 0.359. The number of nitrogens with one attached hydrogen (secondary N) is 1. The van der Waals surface area contributed by atoms with E-state index in [1.54, 1.807) is 6.92 Å². The predicted octanol–water partition coefficient (Wildman–Crippen LogP) is 2.04. The molecule has 1 aromatic heterocycles. The molecule has 0 aromatic carbocycles. The zero-order chi connectivity index (χ0) is 10.2. The second-order valence-corrected chi connectivity index (χ2v) is 6.61. The Labute approximate surface area is 90.3 Å². The van der Waals surface area contributed by atoms with Gasteiger partial charge in [-0.3, -0.25) is 0 Å². The summed E-state index contributed by atoms with van der Waals surface area (Å²) in [4.78, 5) is 2.14. The second-order valence-electron chi connectivity index (χ2n) is 2.57. The first-order valence-electron chi connectivity index (χ1n) is 3.59. The first-order chi connectivity index (χ1) is 5.90. The van der Waals surface area contributed by atoms with Crippen LogP contribution in [0.4, 0.5) is 0 Å². The number of aryl methyl sites for hydroxylation is 2. The predicted molar refractivity (Wildman–Crippen MR) is 57.7 cm³/mol. The van der Waals surface area contributed by atoms with Gasteiger partial charge < -0.3 is 0 Å². The highest BCUT2D eigenvalue weighted by Crippen LogP contribution is 2.35. The lowest BCUT2D eigenvalue weighted by Crippen LogP contribution is -2.19. The minimum Gasteiger partial charge on any atom is -0.214 e. The van der Waals surface area contributed by atoms with Gasteiger partial charge in [-0.2, -0.15) is 0 Å². The molecule has 0 aliphatic rings. The second kappa shape index (κ2) is 3.68. The molecule has 0 aliphatic heterocycles. The molecule has 0 aliphatic carbocycles. The van der Waals surface area contributed by atoms with Crippen LogP contribution in [-0.2, 0) is 10.0 Å². The molecule has 0 atom stereocenters. The van der Waals surface area contributed by atoms with Gasteiger partial charge in [0.05, 0.1) is 4.47 Å². The van der Waals surface area contributed by atoms with Crippen molar-refractivity contribution in [1.82, 2.24) is 4.72 Å². The van der Waals surface area contributed by atoms with Crippen molar-refractivity contribution in [1.29, 1.82) is 0 Å². The van der Waals surface area contributed by atoms with Crippen LogP contribution in [0, 0.1) is 13.8 Å². The maximum absolute atomic E-state index is 11.5. The summed E-state index contributed by atoms with van der Waals surface area (Å²) in [7, 11) is -1.91. The fraction of sp³-hybridized carbons (Fsp3) is 0.429. The molecule has 0 fully saturated rings. The van der Waals surface area contributed by atoms with Gasteiger partial charge in [0.2, 0.25) is 10.0 Å². The Kier molecular flexibility index (Phi) is 3.16. The average molecular weight is 284 g/mol. The van der Waals surface area contributed by atoms with E-state index in [4.69, 9.17) is 0 Å². The number of thiophene rings is 1. The van der Waals surface area contributed by atoms with Crippen molar-refractivity contribution in [2.45, 2.75) is 18.7 Å². The summed E-state index contributed by atoms with van der Waals surface area (Å²) in [5, 5.41) is 0. The molecule has 0 spiro atoms. The summed E-state index contributed by atoms with van der Waals surface area (Å²) in [6.45, 7) is 3.68. The molecule has 1 aromatic rings. The van der Waals surface area contributed by atoms with Gasteiger partial charge in [0.15, 0.2) is 0 Å². The topological polar surface area (TPSA) is 46.2 Å². The maximum atomic E-state index is 11.5. The SMILES string of the molecule is CNS(=O)(=O)c1c(C)sc(C)c1Br. The molecule has 13 heavy (non-hydrogen) atoms. The van der Waals surface area contributed by atoms with Crippen LogP contribution in [0.5, 0.6) is 0 Å². The normalized spacial score (nSPS) is 12.0. The van der Waals surface area contributed by atoms with Crippen LogP contribution in [0.25, 0.3) is 0 Å². The van der Waals surface area contributed by atoms with Crippen molar-refractivity contribution in [2.75, 3.05) is 7.05 Å². The highest BCUT2D eigenvalue weighted by atomic mass is 79.9. The van der Waals surface area contributed by atoms with E-state index in [2.05, 4.69) is 20.7 Å². The van der Waals surface area contributed by atoms with Crippen molar-refractivity contribution in [2.24, 2.45) is 0 Å². The van der Waals surface area contributed by atoms with E-state index < -0.39 is 10.0 Å². The average Bonchev–Trinajstić information content (AvgIpc) is 2.27. The third-order valence-corrected chi connectivity index (χ3v) is 5.92. The molecule has 0 saturated carbocycles. The van der Waals surface area contributed by atoms with Crippen molar-refractivity contribution in [3.05, 3.63) is 14.2 Å². The van der Waals surface area contributed by atoms with Gasteiger partial charge in [-0.15, -0.1) is 11.3 Å². The van der Waals surface area contributed by atoms with Crippen LogP contribution in [0.3, 0.4) is 0 Å². The quantitative estimate of drug-likeness (QED) is 0.903. The Hall–Kier alpha value is 0.0900. The van der Waals surface area contributed by atoms with E-state index in [9.17, 15) is 8.42 Å². The minimum atomic E-state index is -3.33. The smallest absolute Gasteiger partial charge is 0.214 e. The van der Waals surface area contributed by atoms with Crippen LogP contribution in [-0.4, -0.2) is 15.5 Å². The molecule has 1 heterocycles. The first-order valence-corrected chi connectivity index (χ1v) is 6.68. The van der Waals surface area contributed by atoms with Crippen molar-refractivity contribution in [3.8, 4) is 0 Å². The van der Waals surface area contributed by atoms with E-state index >= 15 is 0 Å². The maximum Gasteiger partial charge on any atom is 0.242 e. The lowest BCUT2D eigenvalue weighted by molar-refractivity contribution is 0.587. The Balaban J connectivity index is 3.47. The standard InChI is InChI=1S/C7H10BrNO2S2/c1-4-6(8)7(5(2)12-4)13(10,11)9-3/h9H,1-3H3. The molecule has 0 amide bonds. The van der Waals surface area contributed by atoms with Gasteiger partial charge in [-0.1, -0.05) is 0 Å². The molecule has 0 radical (unpaired) electrons. The largest absolute Gasteiger partial charge is 0.242 e. The highest BCUT2D eigenvalue weighted by molar-refractivity contribution is 9.10. The Morgan fingerprint density at radius 1 is 1.31 bits per heavy atom. The number of rotatable bonds is 2. The fourth-order valence-corrected chi connectivity index (χ4v) is 4.69. The molecule has 0 bridgehead atoms. The molecule has 74 valence electrons. The van der Waals surface area contributed by atoms with Gasteiger partial charge in [-0.25, -0.2) is 13.1 Å². The Bertz CT molecular complexity index is 422. The zero-order valence-corrected chi connectivity index (χ0v) is 10.7. The molecule has 0 unspecified atom stereocenters. The Morgan fingerprint density at radius 3 is 2.15 bits per heavy atom. The molecular weight excluding hydrogens is 274 g/mol. The van der Waals surface area contributed by atoms with E-state index in [0.29, 0.717) is 9.37 Å². The summed E-state index contributed by atoms with van der Waals surface area (Å²) in [6, 6.07) is 0. The fourth-order valence-electron chi connectivity index (χ4n) is 1.04. The summed E-state index contributed by atoms with van der Waals surface area (Å²) >= 11 is 4.74. The van der Waals surface area contributed by atoms with E-state index in [1.165, 1.54) is 18.4 Å². The van der Waals surface area contributed by atoms with E-state index in [1.807, 2.05) is 6.92 Å². The lowest BCUT2D eigenvalue weighted by atomic mass is 10.4. The molecule has 3 nitrogen and oxygen atoms in total. The molecule has 0 saturated heterocycles. The van der Waals surface area contributed by atoms with E-state index in [-0.39, 0.29) is 0 Å². The summed E-state index contributed by atoms with van der Waals surface area (Å²) in [6.07, 6.45) is 0. The third kappa shape index (κ3) is 1.96. The molecule has 1 rings (SSSR count). The van der Waals surface area contributed by atoms with Gasteiger partial charge in [0.1, 0.15) is 4.90 Å². The van der Waals surface area contributed by atoms with Crippen LogP contribution in [0.1, 0.15) is 9.75 Å². The number of hydrogen-bond acceptors (Lipinski definition) is 3. The number of hydrogen-bond donors (Lipinski definition) is 1. The summed E-state index contributed by atoms with van der Waals surface area (Å²) < 4.78 is 26.0. The van der Waals surface area contributed by atoms with Crippen molar-refractivity contribution in [3.63, 3.8) is 0 Å². The van der Waals surface area contributed by atoms with Gasteiger partial charge in [-0.05, 0) is 36.8 Å². The summed E-state index contributed by atoms with van der Waals surface area (Å²) in [5.74, 6) is 0. The summed E-state index contributed by atoms with van der Waals surface area (Å²) in [5.41, 5.74) is 0. The van der Waals surface area contributed by atoms with Crippen LogP contribution in [0.2, 0.25) is 0 Å². The Morgan fingerprint density at radius 2 is 1.85 bits per heavy atom. The zero-order valence-electron chi connectivity index (χ0n) is 7.51. The third-order valence-electron chi connectivity index (χ3n) is 1.67. The number of sulfonamides is 1. The monoisotopic (exact) mass is 283 g/mol. The van der Waals surface area contributed by atoms with Gasteiger partial charge in [0.25, 0.3) is 0 Å². The lowest BCUT2D eigenvalue weighted by Gasteiger charge is -2.01. The van der Waals surface area contributed by atoms with Gasteiger partial charge in [0, 0.05) is 9.75 Å². The van der Waals surface area contributed by atoms with Gasteiger partial charge >= 0.3 is 0 Å². The van der Waals surface area contributed by atoms with Crippen LogP contribution in [0.15, 0.2) is 9.37 Å². The van der Waals surface area contributed by atoms with Crippen LogP contribution < -0.4 is 4.72 Å². The highest BCUT2D eigenvalue weighted by Gasteiger charge is 2.22.